The maximum Gasteiger partial charge on any atom is 0.127 e. The van der Waals surface area contributed by atoms with E-state index in [1.54, 1.807) is 7.11 Å². The second-order valence-electron chi connectivity index (χ2n) is 4.95. The van der Waals surface area contributed by atoms with E-state index in [1.165, 1.54) is 0 Å². The number of ether oxygens (including phenoxy) is 1. The average molecular weight is 335 g/mol. The molecule has 0 radical (unpaired) electrons. The monoisotopic (exact) mass is 334 g/mol. The van der Waals surface area contributed by atoms with Crippen molar-refractivity contribution >= 4 is 15.9 Å². The topological polar surface area (TPSA) is 29.5 Å². The van der Waals surface area contributed by atoms with Gasteiger partial charge in [-0.1, -0.05) is 46.3 Å². The van der Waals surface area contributed by atoms with E-state index in [2.05, 4.69) is 15.9 Å². The molecule has 3 heteroatoms. The number of hydrogen-bond donors (Lipinski definition) is 1. The minimum atomic E-state index is -0.580. The Hall–Kier alpha value is -1.32. The molecule has 0 fully saturated rings. The molecule has 2 nitrogen and oxygen atoms in total. The van der Waals surface area contributed by atoms with Gasteiger partial charge in [-0.15, -0.1) is 0 Å². The second-order valence-corrected chi connectivity index (χ2v) is 5.81. The second kappa shape index (κ2) is 6.42. The molecule has 0 saturated heterocycles. The third-order valence-corrected chi connectivity index (χ3v) is 4.34. The van der Waals surface area contributed by atoms with Crippen LogP contribution in [-0.4, -0.2) is 12.2 Å². The summed E-state index contributed by atoms with van der Waals surface area (Å²) in [4.78, 5) is 0. The van der Waals surface area contributed by atoms with Crippen LogP contribution < -0.4 is 4.74 Å². The Kier molecular flexibility index (Phi) is 4.84. The lowest BCUT2D eigenvalue weighted by Crippen LogP contribution is -2.08. The molecule has 0 aliphatic rings. The normalized spacial score (nSPS) is 12.2. The Morgan fingerprint density at radius 2 is 1.85 bits per heavy atom. The quantitative estimate of drug-likeness (QED) is 0.900. The number of benzene rings is 2. The SMILES string of the molecule is COc1c(C)cc(Br)c(C)c1C(O)Cc1ccccc1. The molecular weight excluding hydrogens is 316 g/mol. The first-order chi connectivity index (χ1) is 9.54. The van der Waals surface area contributed by atoms with E-state index in [1.807, 2.05) is 50.2 Å². The molecule has 0 aromatic heterocycles. The van der Waals surface area contributed by atoms with Crippen LogP contribution in [0.15, 0.2) is 40.9 Å². The van der Waals surface area contributed by atoms with Gasteiger partial charge in [0.15, 0.2) is 0 Å². The van der Waals surface area contributed by atoms with Gasteiger partial charge < -0.3 is 9.84 Å². The number of methoxy groups -OCH3 is 1. The van der Waals surface area contributed by atoms with Gasteiger partial charge in [-0.3, -0.25) is 0 Å². The lowest BCUT2D eigenvalue weighted by molar-refractivity contribution is 0.173. The van der Waals surface area contributed by atoms with E-state index >= 15 is 0 Å². The molecule has 2 rings (SSSR count). The predicted molar refractivity (Wildman–Crippen MR) is 85.3 cm³/mol. The van der Waals surface area contributed by atoms with Gasteiger partial charge in [0, 0.05) is 16.5 Å². The molecule has 1 unspecified atom stereocenters. The molecule has 2 aromatic carbocycles. The Morgan fingerprint density at radius 1 is 1.20 bits per heavy atom. The fourth-order valence-corrected chi connectivity index (χ4v) is 3.04. The number of halogens is 1. The van der Waals surface area contributed by atoms with Crippen LogP contribution in [0.3, 0.4) is 0 Å². The summed E-state index contributed by atoms with van der Waals surface area (Å²) in [5.74, 6) is 0.772. The molecule has 0 aliphatic carbocycles. The van der Waals surface area contributed by atoms with Crippen molar-refractivity contribution in [2.75, 3.05) is 7.11 Å². The van der Waals surface area contributed by atoms with Gasteiger partial charge in [0.1, 0.15) is 5.75 Å². The fourth-order valence-electron chi connectivity index (χ4n) is 2.49. The minimum Gasteiger partial charge on any atom is -0.496 e. The minimum absolute atomic E-state index is 0.577. The first-order valence-electron chi connectivity index (χ1n) is 6.60. The third-order valence-electron chi connectivity index (χ3n) is 3.52. The van der Waals surface area contributed by atoms with Crippen LogP contribution in [0.5, 0.6) is 5.75 Å². The Morgan fingerprint density at radius 3 is 2.45 bits per heavy atom. The zero-order valence-corrected chi connectivity index (χ0v) is 13.6. The van der Waals surface area contributed by atoms with E-state index in [9.17, 15) is 5.11 Å². The van der Waals surface area contributed by atoms with Crippen molar-refractivity contribution in [1.29, 1.82) is 0 Å². The summed E-state index contributed by atoms with van der Waals surface area (Å²) in [7, 11) is 1.65. The third kappa shape index (κ3) is 3.05. The molecule has 1 N–H and O–H groups in total. The predicted octanol–water partition coefficient (Wildman–Crippen LogP) is 4.35. The standard InChI is InChI=1S/C17H19BrO2/c1-11-9-14(18)12(2)16(17(11)20-3)15(19)10-13-7-5-4-6-8-13/h4-9,15,19H,10H2,1-3H3. The number of aliphatic hydroxyl groups excluding tert-OH is 1. The maximum atomic E-state index is 10.6. The van der Waals surface area contributed by atoms with Gasteiger partial charge in [-0.25, -0.2) is 0 Å². The Balaban J connectivity index is 2.41. The molecule has 106 valence electrons. The molecule has 0 heterocycles. The maximum absolute atomic E-state index is 10.6. The van der Waals surface area contributed by atoms with Crippen molar-refractivity contribution in [2.45, 2.75) is 26.4 Å². The molecule has 0 spiro atoms. The Labute approximate surface area is 128 Å². The highest BCUT2D eigenvalue weighted by atomic mass is 79.9. The summed E-state index contributed by atoms with van der Waals surface area (Å²) >= 11 is 3.55. The van der Waals surface area contributed by atoms with Crippen molar-refractivity contribution in [1.82, 2.24) is 0 Å². The van der Waals surface area contributed by atoms with E-state index < -0.39 is 6.10 Å². The van der Waals surface area contributed by atoms with Crippen molar-refractivity contribution < 1.29 is 9.84 Å². The van der Waals surface area contributed by atoms with Crippen LogP contribution in [0.1, 0.15) is 28.4 Å². The van der Waals surface area contributed by atoms with Crippen molar-refractivity contribution in [3.8, 4) is 5.75 Å². The van der Waals surface area contributed by atoms with Crippen molar-refractivity contribution in [3.05, 3.63) is 63.1 Å². The van der Waals surface area contributed by atoms with Crippen molar-refractivity contribution in [3.63, 3.8) is 0 Å². The van der Waals surface area contributed by atoms with E-state index in [0.29, 0.717) is 6.42 Å². The van der Waals surface area contributed by atoms with Gasteiger partial charge >= 0.3 is 0 Å². The van der Waals surface area contributed by atoms with Crippen LogP contribution >= 0.6 is 15.9 Å². The van der Waals surface area contributed by atoms with Gasteiger partial charge in [0.25, 0.3) is 0 Å². The molecule has 0 saturated carbocycles. The van der Waals surface area contributed by atoms with Crippen LogP contribution in [0.25, 0.3) is 0 Å². The number of aryl methyl sites for hydroxylation is 1. The summed E-state index contributed by atoms with van der Waals surface area (Å²) in [5.41, 5.74) is 4.02. The van der Waals surface area contributed by atoms with Gasteiger partial charge in [0.05, 0.1) is 13.2 Å². The smallest absolute Gasteiger partial charge is 0.127 e. The first-order valence-corrected chi connectivity index (χ1v) is 7.39. The number of rotatable bonds is 4. The van der Waals surface area contributed by atoms with E-state index in [-0.39, 0.29) is 0 Å². The molecule has 1 atom stereocenters. The van der Waals surface area contributed by atoms with E-state index in [0.717, 1.165) is 32.5 Å². The van der Waals surface area contributed by atoms with Crippen LogP contribution in [0.2, 0.25) is 0 Å². The zero-order chi connectivity index (χ0) is 14.7. The number of aliphatic hydroxyl groups is 1. The summed E-state index contributed by atoms with van der Waals surface area (Å²) in [6.07, 6.45) is -0.00273. The lowest BCUT2D eigenvalue weighted by atomic mass is 9.95. The highest BCUT2D eigenvalue weighted by molar-refractivity contribution is 9.10. The molecule has 0 bridgehead atoms. The van der Waals surface area contributed by atoms with Crippen molar-refractivity contribution in [2.24, 2.45) is 0 Å². The van der Waals surface area contributed by atoms with E-state index in [4.69, 9.17) is 4.74 Å². The van der Waals surface area contributed by atoms with Crippen LogP contribution in [0, 0.1) is 13.8 Å². The summed E-state index contributed by atoms with van der Waals surface area (Å²) in [6, 6.07) is 12.0. The highest BCUT2D eigenvalue weighted by Crippen LogP contribution is 2.37. The number of hydrogen-bond acceptors (Lipinski definition) is 2. The molecule has 0 amide bonds. The first kappa shape index (κ1) is 15.1. The summed E-state index contributed by atoms with van der Waals surface area (Å²) in [5, 5.41) is 10.6. The molecular formula is C17H19BrO2. The van der Waals surface area contributed by atoms with Crippen LogP contribution in [-0.2, 0) is 6.42 Å². The molecule has 2 aromatic rings. The highest BCUT2D eigenvalue weighted by Gasteiger charge is 2.20. The van der Waals surface area contributed by atoms with Gasteiger partial charge in [-0.2, -0.15) is 0 Å². The summed E-state index contributed by atoms with van der Waals surface area (Å²) in [6.45, 7) is 3.98. The van der Waals surface area contributed by atoms with Gasteiger partial charge in [-0.05, 0) is 36.6 Å². The van der Waals surface area contributed by atoms with Crippen LogP contribution in [0.4, 0.5) is 0 Å². The molecule has 0 aliphatic heterocycles. The fraction of sp³-hybridized carbons (Fsp3) is 0.294. The zero-order valence-electron chi connectivity index (χ0n) is 12.0. The summed E-state index contributed by atoms with van der Waals surface area (Å²) < 4.78 is 6.49. The van der Waals surface area contributed by atoms with Gasteiger partial charge in [0.2, 0.25) is 0 Å². The molecule has 20 heavy (non-hydrogen) atoms. The largest absolute Gasteiger partial charge is 0.496 e. The Bertz CT molecular complexity index is 594. The lowest BCUT2D eigenvalue weighted by Gasteiger charge is -2.20. The average Bonchev–Trinajstić information content (AvgIpc) is 2.43.